The van der Waals surface area contributed by atoms with Gasteiger partial charge in [-0.25, -0.2) is 4.79 Å². The third-order valence-electron chi connectivity index (χ3n) is 3.61. The van der Waals surface area contributed by atoms with Gasteiger partial charge < -0.3 is 15.8 Å². The second-order valence-electron chi connectivity index (χ2n) is 4.84. The van der Waals surface area contributed by atoms with Gasteiger partial charge >= 0.3 is 5.97 Å². The van der Waals surface area contributed by atoms with Gasteiger partial charge in [0.1, 0.15) is 0 Å². The minimum atomic E-state index is -0.868. The van der Waals surface area contributed by atoms with Crippen LogP contribution in [0.5, 0.6) is 0 Å². The molecule has 0 radical (unpaired) electrons. The van der Waals surface area contributed by atoms with Crippen LogP contribution in [0.2, 0.25) is 0 Å². The van der Waals surface area contributed by atoms with Crippen LogP contribution in [0.25, 0.3) is 0 Å². The molecule has 20 heavy (non-hydrogen) atoms. The highest BCUT2D eigenvalue weighted by Gasteiger charge is 2.30. The van der Waals surface area contributed by atoms with Crippen molar-refractivity contribution in [2.24, 2.45) is 5.73 Å². The first-order valence-corrected chi connectivity index (χ1v) is 6.67. The van der Waals surface area contributed by atoms with Crippen molar-refractivity contribution in [3.8, 4) is 0 Å². The van der Waals surface area contributed by atoms with Crippen LogP contribution in [0.15, 0.2) is 18.2 Å². The number of benzene rings is 1. The molecule has 0 aliphatic rings. The lowest BCUT2D eigenvalue weighted by molar-refractivity contribution is -0.121. The number of nitrogens with two attached hydrogens (primary N) is 1. The maximum absolute atomic E-state index is 12.2. The molecule has 1 aromatic rings. The van der Waals surface area contributed by atoms with Crippen LogP contribution < -0.4 is 11.1 Å². The predicted molar refractivity (Wildman–Crippen MR) is 78.6 cm³/mol. The Labute approximate surface area is 119 Å². The maximum Gasteiger partial charge on any atom is 0.337 e. The fourth-order valence-electron chi connectivity index (χ4n) is 1.87. The molecule has 0 spiro atoms. The van der Waals surface area contributed by atoms with Gasteiger partial charge in [-0.3, -0.25) is 4.79 Å². The lowest BCUT2D eigenvalue weighted by Crippen LogP contribution is -2.50. The summed E-state index contributed by atoms with van der Waals surface area (Å²) in [5.74, 6) is -0.613. The number of hydrogen-bond donors (Lipinski definition) is 2. The zero-order chi connectivity index (χ0) is 15.3. The number of nitrogens with one attached hydrogen (secondary N) is 1. The monoisotopic (exact) mass is 278 g/mol. The molecule has 0 unspecified atom stereocenters. The Balaban J connectivity index is 2.94. The molecule has 5 nitrogen and oxygen atoms in total. The van der Waals surface area contributed by atoms with E-state index in [9.17, 15) is 9.59 Å². The molecular formula is C15H22N2O3. The summed E-state index contributed by atoms with van der Waals surface area (Å²) in [5.41, 5.74) is 7.08. The van der Waals surface area contributed by atoms with E-state index in [0.29, 0.717) is 24.1 Å². The van der Waals surface area contributed by atoms with E-state index in [1.165, 1.54) is 7.11 Å². The number of methoxy groups -OCH3 is 1. The molecular weight excluding hydrogens is 256 g/mol. The van der Waals surface area contributed by atoms with Gasteiger partial charge in [-0.05, 0) is 43.5 Å². The van der Waals surface area contributed by atoms with Crippen LogP contribution in [0.3, 0.4) is 0 Å². The van der Waals surface area contributed by atoms with Crippen molar-refractivity contribution in [2.45, 2.75) is 39.2 Å². The number of anilines is 1. The first-order chi connectivity index (χ1) is 9.37. The summed E-state index contributed by atoms with van der Waals surface area (Å²) >= 11 is 0. The molecule has 0 atom stereocenters. The lowest BCUT2D eigenvalue weighted by atomic mass is 9.93. The van der Waals surface area contributed by atoms with Crippen molar-refractivity contribution in [1.82, 2.24) is 0 Å². The zero-order valence-electron chi connectivity index (χ0n) is 12.4. The standard InChI is InChI=1S/C15H22N2O3/c1-5-15(16,6-2)14(19)17-12-8-7-11(9-10(12)3)13(18)20-4/h7-9H,5-6,16H2,1-4H3,(H,17,19). The van der Waals surface area contributed by atoms with E-state index in [0.717, 1.165) is 5.56 Å². The van der Waals surface area contributed by atoms with E-state index >= 15 is 0 Å². The van der Waals surface area contributed by atoms with Crippen molar-refractivity contribution in [3.63, 3.8) is 0 Å². The normalized spacial score (nSPS) is 11.1. The quantitative estimate of drug-likeness (QED) is 0.809. The summed E-state index contributed by atoms with van der Waals surface area (Å²) < 4.78 is 4.65. The minimum Gasteiger partial charge on any atom is -0.465 e. The number of rotatable bonds is 5. The molecule has 1 aromatic carbocycles. The smallest absolute Gasteiger partial charge is 0.337 e. The number of aryl methyl sites for hydroxylation is 1. The van der Waals surface area contributed by atoms with Crippen LogP contribution in [0, 0.1) is 6.92 Å². The van der Waals surface area contributed by atoms with Crippen molar-refractivity contribution < 1.29 is 14.3 Å². The molecule has 0 aromatic heterocycles. The van der Waals surface area contributed by atoms with Crippen molar-refractivity contribution in [3.05, 3.63) is 29.3 Å². The van der Waals surface area contributed by atoms with E-state index in [1.807, 2.05) is 20.8 Å². The van der Waals surface area contributed by atoms with Crippen LogP contribution in [-0.2, 0) is 9.53 Å². The minimum absolute atomic E-state index is 0.212. The first-order valence-electron chi connectivity index (χ1n) is 6.67. The molecule has 0 bridgehead atoms. The third-order valence-corrected chi connectivity index (χ3v) is 3.61. The van der Waals surface area contributed by atoms with Gasteiger partial charge in [-0.2, -0.15) is 0 Å². The van der Waals surface area contributed by atoms with Gasteiger partial charge in [0.2, 0.25) is 5.91 Å². The largest absolute Gasteiger partial charge is 0.465 e. The first kappa shape index (κ1) is 16.2. The lowest BCUT2D eigenvalue weighted by Gasteiger charge is -2.25. The molecule has 3 N–H and O–H groups in total. The van der Waals surface area contributed by atoms with E-state index in [2.05, 4.69) is 10.1 Å². The average Bonchev–Trinajstić information content (AvgIpc) is 2.47. The Morgan fingerprint density at radius 2 is 1.90 bits per heavy atom. The Bertz CT molecular complexity index is 508. The second kappa shape index (κ2) is 6.52. The Morgan fingerprint density at radius 3 is 2.35 bits per heavy atom. The fourth-order valence-corrected chi connectivity index (χ4v) is 1.87. The number of ether oxygens (including phenoxy) is 1. The summed E-state index contributed by atoms with van der Waals surface area (Å²) in [5, 5.41) is 2.82. The Morgan fingerprint density at radius 1 is 1.30 bits per heavy atom. The number of hydrogen-bond acceptors (Lipinski definition) is 4. The maximum atomic E-state index is 12.2. The molecule has 0 fully saturated rings. The fraction of sp³-hybridized carbons (Fsp3) is 0.467. The van der Waals surface area contributed by atoms with Gasteiger partial charge in [0.05, 0.1) is 18.2 Å². The topological polar surface area (TPSA) is 81.4 Å². The molecule has 0 saturated carbocycles. The van der Waals surface area contributed by atoms with Crippen molar-refractivity contribution in [2.75, 3.05) is 12.4 Å². The molecule has 5 heteroatoms. The van der Waals surface area contributed by atoms with Gasteiger partial charge in [0.25, 0.3) is 0 Å². The number of amides is 1. The van der Waals surface area contributed by atoms with E-state index in [-0.39, 0.29) is 5.91 Å². The van der Waals surface area contributed by atoms with Gasteiger partial charge in [0, 0.05) is 5.69 Å². The number of carbonyl (C=O) groups is 2. The molecule has 1 rings (SSSR count). The van der Waals surface area contributed by atoms with Crippen LogP contribution in [-0.4, -0.2) is 24.5 Å². The highest BCUT2D eigenvalue weighted by molar-refractivity contribution is 5.99. The van der Waals surface area contributed by atoms with E-state index < -0.39 is 11.5 Å². The van der Waals surface area contributed by atoms with Gasteiger partial charge in [0.15, 0.2) is 0 Å². The van der Waals surface area contributed by atoms with Crippen LogP contribution in [0.1, 0.15) is 42.6 Å². The average molecular weight is 278 g/mol. The Hall–Kier alpha value is -1.88. The Kier molecular flexibility index (Phi) is 5.27. The van der Waals surface area contributed by atoms with E-state index in [4.69, 9.17) is 5.73 Å². The molecule has 1 amide bonds. The van der Waals surface area contributed by atoms with E-state index in [1.54, 1.807) is 18.2 Å². The molecule has 0 heterocycles. The summed E-state index contributed by atoms with van der Waals surface area (Å²) in [6, 6.07) is 4.98. The SMILES string of the molecule is CCC(N)(CC)C(=O)Nc1ccc(C(=O)OC)cc1C. The van der Waals surface area contributed by atoms with Gasteiger partial charge in [-0.1, -0.05) is 13.8 Å². The molecule has 0 aliphatic carbocycles. The summed E-state index contributed by atoms with van der Waals surface area (Å²) in [6.45, 7) is 5.59. The van der Waals surface area contributed by atoms with Crippen LogP contribution in [0.4, 0.5) is 5.69 Å². The highest BCUT2D eigenvalue weighted by atomic mass is 16.5. The summed E-state index contributed by atoms with van der Waals surface area (Å²) in [7, 11) is 1.33. The molecule has 0 aliphatic heterocycles. The van der Waals surface area contributed by atoms with Gasteiger partial charge in [-0.15, -0.1) is 0 Å². The summed E-state index contributed by atoms with van der Waals surface area (Å²) in [6.07, 6.45) is 1.13. The highest BCUT2D eigenvalue weighted by Crippen LogP contribution is 2.20. The predicted octanol–water partition coefficient (Wildman–Crippen LogP) is 2.24. The van der Waals surface area contributed by atoms with Crippen LogP contribution >= 0.6 is 0 Å². The van der Waals surface area contributed by atoms with Crippen molar-refractivity contribution in [1.29, 1.82) is 0 Å². The number of esters is 1. The molecule has 110 valence electrons. The molecule has 0 saturated heterocycles. The van der Waals surface area contributed by atoms with Crippen molar-refractivity contribution >= 4 is 17.6 Å². The number of carbonyl (C=O) groups excluding carboxylic acids is 2. The summed E-state index contributed by atoms with van der Waals surface area (Å²) in [4.78, 5) is 23.6. The second-order valence-corrected chi connectivity index (χ2v) is 4.84. The third kappa shape index (κ3) is 3.36. The zero-order valence-corrected chi connectivity index (χ0v) is 12.4.